The second kappa shape index (κ2) is 5.93. The van der Waals surface area contributed by atoms with Crippen molar-refractivity contribution in [3.8, 4) is 11.8 Å². The van der Waals surface area contributed by atoms with Crippen molar-refractivity contribution in [2.24, 2.45) is 11.7 Å². The molecule has 1 saturated heterocycles. The van der Waals surface area contributed by atoms with Gasteiger partial charge >= 0.3 is 5.69 Å². The highest BCUT2D eigenvalue weighted by atomic mass is 16.2. The number of rotatable bonds is 2. The van der Waals surface area contributed by atoms with Crippen LogP contribution in [0.5, 0.6) is 0 Å². The van der Waals surface area contributed by atoms with Gasteiger partial charge in [-0.1, -0.05) is 12.8 Å². The van der Waals surface area contributed by atoms with E-state index in [-0.39, 0.29) is 23.9 Å². The van der Waals surface area contributed by atoms with Crippen molar-refractivity contribution < 1.29 is 0 Å². The predicted molar refractivity (Wildman–Crippen MR) is 88.1 cm³/mol. The first-order chi connectivity index (χ1) is 11.0. The average Bonchev–Trinajstić information content (AvgIpc) is 2.93. The Hall–Kier alpha value is -2.53. The van der Waals surface area contributed by atoms with Gasteiger partial charge in [0, 0.05) is 6.54 Å². The SMILES string of the molecule is CC#CCn1c(=O)[nH]c2nc(N3CCC[C@@H](C)C3N)[nH]c2c1=O. The summed E-state index contributed by atoms with van der Waals surface area (Å²) < 4.78 is 1.06. The highest BCUT2D eigenvalue weighted by Gasteiger charge is 2.28. The summed E-state index contributed by atoms with van der Waals surface area (Å²) in [6, 6.07) is 0. The molecule has 8 nitrogen and oxygen atoms in total. The molecule has 0 amide bonds. The first-order valence-corrected chi connectivity index (χ1v) is 7.67. The number of fused-ring (bicyclic) bond motifs is 1. The zero-order valence-electron chi connectivity index (χ0n) is 13.2. The summed E-state index contributed by atoms with van der Waals surface area (Å²) in [6.07, 6.45) is 1.92. The molecule has 1 aliphatic heterocycles. The maximum atomic E-state index is 12.5. The fourth-order valence-corrected chi connectivity index (χ4v) is 2.90. The number of nitrogens with one attached hydrogen (secondary N) is 2. The van der Waals surface area contributed by atoms with Gasteiger partial charge in [-0.3, -0.25) is 9.78 Å². The topological polar surface area (TPSA) is 113 Å². The van der Waals surface area contributed by atoms with Gasteiger partial charge < -0.3 is 15.6 Å². The van der Waals surface area contributed by atoms with Gasteiger partial charge in [-0.25, -0.2) is 9.36 Å². The largest absolute Gasteiger partial charge is 0.330 e. The Kier molecular flexibility index (Phi) is 3.96. The number of imidazole rings is 1. The number of aromatic amines is 2. The van der Waals surface area contributed by atoms with Crippen LogP contribution in [0.3, 0.4) is 0 Å². The Bertz CT molecular complexity index is 897. The normalized spacial score (nSPS) is 21.3. The molecule has 2 atom stereocenters. The van der Waals surface area contributed by atoms with Crippen LogP contribution in [0.4, 0.5) is 5.95 Å². The molecule has 23 heavy (non-hydrogen) atoms. The van der Waals surface area contributed by atoms with Gasteiger partial charge in [-0.15, -0.1) is 5.92 Å². The van der Waals surface area contributed by atoms with E-state index in [1.165, 1.54) is 0 Å². The number of nitrogens with zero attached hydrogens (tertiary/aromatic N) is 3. The summed E-state index contributed by atoms with van der Waals surface area (Å²) in [7, 11) is 0. The zero-order chi connectivity index (χ0) is 16.6. The van der Waals surface area contributed by atoms with Gasteiger partial charge in [0.05, 0.1) is 12.7 Å². The lowest BCUT2D eigenvalue weighted by molar-refractivity contribution is 0.348. The molecule has 1 unspecified atom stereocenters. The van der Waals surface area contributed by atoms with Gasteiger partial charge in [-0.05, 0) is 25.7 Å². The highest BCUT2D eigenvalue weighted by molar-refractivity contribution is 5.72. The molecule has 3 heterocycles. The Morgan fingerprint density at radius 1 is 1.39 bits per heavy atom. The van der Waals surface area contributed by atoms with Crippen molar-refractivity contribution in [3.05, 3.63) is 20.8 Å². The predicted octanol–water partition coefficient (Wildman–Crippen LogP) is -0.0427. The van der Waals surface area contributed by atoms with Crippen LogP contribution in [0.25, 0.3) is 11.2 Å². The molecule has 3 rings (SSSR count). The lowest BCUT2D eigenvalue weighted by Gasteiger charge is -2.37. The van der Waals surface area contributed by atoms with Crippen LogP contribution in [-0.2, 0) is 6.54 Å². The number of nitrogens with two attached hydrogens (primary N) is 1. The van der Waals surface area contributed by atoms with E-state index in [9.17, 15) is 9.59 Å². The molecular formula is C15H20N6O2. The first-order valence-electron chi connectivity index (χ1n) is 7.67. The third kappa shape index (κ3) is 2.64. The number of anilines is 1. The van der Waals surface area contributed by atoms with Crippen LogP contribution in [0.1, 0.15) is 26.7 Å². The van der Waals surface area contributed by atoms with Crippen molar-refractivity contribution in [1.82, 2.24) is 19.5 Å². The Balaban J connectivity index is 2.08. The molecule has 8 heteroatoms. The summed E-state index contributed by atoms with van der Waals surface area (Å²) in [5, 5.41) is 0. The zero-order valence-corrected chi connectivity index (χ0v) is 13.2. The molecular weight excluding hydrogens is 296 g/mol. The fraction of sp³-hybridized carbons (Fsp3) is 0.533. The monoisotopic (exact) mass is 316 g/mol. The van der Waals surface area contributed by atoms with Gasteiger partial charge in [0.1, 0.15) is 0 Å². The third-order valence-electron chi connectivity index (χ3n) is 4.31. The van der Waals surface area contributed by atoms with E-state index >= 15 is 0 Å². The number of piperidine rings is 1. The molecule has 1 fully saturated rings. The quantitative estimate of drug-likeness (QED) is 0.673. The molecule has 0 aliphatic carbocycles. The molecule has 0 radical (unpaired) electrons. The van der Waals surface area contributed by atoms with Gasteiger partial charge in [-0.2, -0.15) is 4.98 Å². The Morgan fingerprint density at radius 3 is 2.91 bits per heavy atom. The molecule has 4 N–H and O–H groups in total. The lowest BCUT2D eigenvalue weighted by atomic mass is 9.97. The molecule has 2 aromatic rings. The average molecular weight is 316 g/mol. The van der Waals surface area contributed by atoms with Gasteiger partial charge in [0.2, 0.25) is 5.95 Å². The Labute approximate surface area is 132 Å². The standard InChI is InChI=1S/C15H20N6O2/c1-3-4-7-21-13(22)10-12(19-15(21)23)18-14(17-10)20-8-5-6-9(2)11(20)16/h9,11H,5-8,16H2,1-2H3,(H,17,18)(H,19,23)/t9-,11?/m1/s1. The smallest absolute Gasteiger partial charge is 0.327 e. The second-order valence-corrected chi connectivity index (χ2v) is 5.84. The summed E-state index contributed by atoms with van der Waals surface area (Å²) >= 11 is 0. The van der Waals surface area contributed by atoms with E-state index < -0.39 is 11.2 Å². The van der Waals surface area contributed by atoms with Crippen LogP contribution in [0.2, 0.25) is 0 Å². The van der Waals surface area contributed by atoms with Crippen molar-refractivity contribution in [1.29, 1.82) is 0 Å². The van der Waals surface area contributed by atoms with Crippen molar-refractivity contribution >= 4 is 17.1 Å². The van der Waals surface area contributed by atoms with Crippen LogP contribution in [0.15, 0.2) is 9.59 Å². The van der Waals surface area contributed by atoms with E-state index in [1.54, 1.807) is 6.92 Å². The van der Waals surface area contributed by atoms with E-state index in [4.69, 9.17) is 5.73 Å². The van der Waals surface area contributed by atoms with Crippen LogP contribution in [-0.4, -0.2) is 32.2 Å². The number of aromatic nitrogens is 4. The minimum Gasteiger partial charge on any atom is -0.327 e. The first kappa shape index (κ1) is 15.4. The van der Waals surface area contributed by atoms with Crippen molar-refractivity contribution in [2.75, 3.05) is 11.4 Å². The number of H-pyrrole nitrogens is 2. The Morgan fingerprint density at radius 2 is 2.17 bits per heavy atom. The second-order valence-electron chi connectivity index (χ2n) is 5.84. The van der Waals surface area contributed by atoms with Crippen LogP contribution in [0, 0.1) is 17.8 Å². The molecule has 0 spiro atoms. The van der Waals surface area contributed by atoms with Gasteiger partial charge in [0.25, 0.3) is 5.56 Å². The molecule has 2 aromatic heterocycles. The molecule has 0 aromatic carbocycles. The minimum atomic E-state index is -0.514. The van der Waals surface area contributed by atoms with Crippen molar-refractivity contribution in [2.45, 2.75) is 39.4 Å². The summed E-state index contributed by atoms with van der Waals surface area (Å²) in [6.45, 7) is 4.57. The lowest BCUT2D eigenvalue weighted by Crippen LogP contribution is -2.50. The third-order valence-corrected chi connectivity index (χ3v) is 4.31. The number of hydrogen-bond acceptors (Lipinski definition) is 5. The summed E-state index contributed by atoms with van der Waals surface area (Å²) in [4.78, 5) is 36.4. The maximum Gasteiger partial charge on any atom is 0.330 e. The van der Waals surface area contributed by atoms with Crippen molar-refractivity contribution in [3.63, 3.8) is 0 Å². The van der Waals surface area contributed by atoms with E-state index in [0.29, 0.717) is 11.9 Å². The number of hydrogen-bond donors (Lipinski definition) is 3. The van der Waals surface area contributed by atoms with Gasteiger partial charge in [0.15, 0.2) is 11.2 Å². The van der Waals surface area contributed by atoms with E-state index in [0.717, 1.165) is 24.0 Å². The molecule has 0 saturated carbocycles. The van der Waals surface area contributed by atoms with E-state index in [2.05, 4.69) is 33.7 Å². The maximum absolute atomic E-state index is 12.5. The molecule has 1 aliphatic rings. The molecule has 0 bridgehead atoms. The molecule has 122 valence electrons. The summed E-state index contributed by atoms with van der Waals surface area (Å²) in [5.74, 6) is 6.26. The fourth-order valence-electron chi connectivity index (χ4n) is 2.90. The highest BCUT2D eigenvalue weighted by Crippen LogP contribution is 2.24. The summed E-state index contributed by atoms with van der Waals surface area (Å²) in [5.41, 5.74) is 5.81. The van der Waals surface area contributed by atoms with Crippen LogP contribution < -0.4 is 21.9 Å². The van der Waals surface area contributed by atoms with E-state index in [1.807, 2.05) is 4.90 Å². The van der Waals surface area contributed by atoms with Crippen LogP contribution >= 0.6 is 0 Å². The minimum absolute atomic E-state index is 0.0508.